The SMILES string of the molecule is Cc1ccc(C(CNC(=O)C(Cc2ccccc2)NC(=O)c2cccnc2)N2CCCC2)o1. The zero-order valence-electron chi connectivity index (χ0n) is 18.9. The second-order valence-corrected chi connectivity index (χ2v) is 8.41. The number of aromatic nitrogens is 1. The number of carbonyl (C=O) groups excluding carboxylic acids is 2. The maximum absolute atomic E-state index is 13.3. The number of rotatable bonds is 9. The maximum Gasteiger partial charge on any atom is 0.253 e. The predicted octanol–water partition coefficient (Wildman–Crippen LogP) is 3.28. The molecule has 0 saturated carbocycles. The van der Waals surface area contributed by atoms with Crippen molar-refractivity contribution in [3.8, 4) is 0 Å². The average Bonchev–Trinajstić information content (AvgIpc) is 3.52. The molecule has 0 radical (unpaired) electrons. The Balaban J connectivity index is 1.47. The smallest absolute Gasteiger partial charge is 0.253 e. The molecule has 2 N–H and O–H groups in total. The van der Waals surface area contributed by atoms with E-state index in [1.165, 1.54) is 6.20 Å². The van der Waals surface area contributed by atoms with E-state index in [-0.39, 0.29) is 17.9 Å². The highest BCUT2D eigenvalue weighted by atomic mass is 16.3. The van der Waals surface area contributed by atoms with Crippen LogP contribution in [0.5, 0.6) is 0 Å². The van der Waals surface area contributed by atoms with E-state index in [0.29, 0.717) is 18.5 Å². The summed E-state index contributed by atoms with van der Waals surface area (Å²) >= 11 is 0. The van der Waals surface area contributed by atoms with Crippen LogP contribution >= 0.6 is 0 Å². The van der Waals surface area contributed by atoms with E-state index in [4.69, 9.17) is 4.42 Å². The van der Waals surface area contributed by atoms with Crippen LogP contribution in [0.4, 0.5) is 0 Å². The zero-order chi connectivity index (χ0) is 23.0. The Labute approximate surface area is 194 Å². The van der Waals surface area contributed by atoms with Crippen LogP contribution in [0.3, 0.4) is 0 Å². The molecule has 1 aliphatic heterocycles. The minimum absolute atomic E-state index is 0.0310. The molecule has 0 spiro atoms. The number of aryl methyl sites for hydroxylation is 1. The topological polar surface area (TPSA) is 87.5 Å². The van der Waals surface area contributed by atoms with Crippen LogP contribution in [0, 0.1) is 6.92 Å². The molecule has 0 aliphatic carbocycles. The standard InChI is InChI=1S/C26H30N4O3/c1-19-11-12-24(33-19)23(30-14-5-6-15-30)18-28-26(32)22(16-20-8-3-2-4-9-20)29-25(31)21-10-7-13-27-17-21/h2-4,7-13,17,22-23H,5-6,14-16,18H2,1H3,(H,28,32)(H,29,31). The molecular formula is C26H30N4O3. The first-order chi connectivity index (χ1) is 16.1. The summed E-state index contributed by atoms with van der Waals surface area (Å²) in [5.41, 5.74) is 1.39. The molecule has 1 aromatic carbocycles. The summed E-state index contributed by atoms with van der Waals surface area (Å²) in [7, 11) is 0. The molecule has 1 fully saturated rings. The Bertz CT molecular complexity index is 1050. The van der Waals surface area contributed by atoms with E-state index in [1.807, 2.05) is 49.4 Å². The van der Waals surface area contributed by atoms with Crippen LogP contribution in [-0.4, -0.2) is 47.4 Å². The Hall–Kier alpha value is -3.45. The molecule has 2 atom stereocenters. The highest BCUT2D eigenvalue weighted by Gasteiger charge is 2.28. The number of amides is 2. The zero-order valence-corrected chi connectivity index (χ0v) is 18.9. The quantitative estimate of drug-likeness (QED) is 0.527. The van der Waals surface area contributed by atoms with Gasteiger partial charge in [0.2, 0.25) is 5.91 Å². The molecule has 3 aromatic rings. The third-order valence-electron chi connectivity index (χ3n) is 5.97. The Morgan fingerprint density at radius 3 is 2.52 bits per heavy atom. The van der Waals surface area contributed by atoms with Gasteiger partial charge in [0.25, 0.3) is 5.91 Å². The summed E-state index contributed by atoms with van der Waals surface area (Å²) in [6, 6.07) is 16.3. The van der Waals surface area contributed by atoms with Gasteiger partial charge in [-0.15, -0.1) is 0 Å². The highest BCUT2D eigenvalue weighted by Crippen LogP contribution is 2.26. The van der Waals surface area contributed by atoms with Gasteiger partial charge < -0.3 is 15.1 Å². The van der Waals surface area contributed by atoms with Crippen LogP contribution < -0.4 is 10.6 Å². The summed E-state index contributed by atoms with van der Waals surface area (Å²) in [5, 5.41) is 5.96. The highest BCUT2D eigenvalue weighted by molar-refractivity contribution is 5.97. The number of hydrogen-bond acceptors (Lipinski definition) is 5. The predicted molar refractivity (Wildman–Crippen MR) is 126 cm³/mol. The Morgan fingerprint density at radius 1 is 1.06 bits per heavy atom. The van der Waals surface area contributed by atoms with Crippen LogP contribution in [0.2, 0.25) is 0 Å². The van der Waals surface area contributed by atoms with E-state index in [2.05, 4.69) is 20.5 Å². The summed E-state index contributed by atoms with van der Waals surface area (Å²) < 4.78 is 5.90. The largest absolute Gasteiger partial charge is 0.465 e. The van der Waals surface area contributed by atoms with Gasteiger partial charge in [0, 0.05) is 25.4 Å². The van der Waals surface area contributed by atoms with Gasteiger partial charge in [-0.1, -0.05) is 30.3 Å². The molecule has 3 heterocycles. The van der Waals surface area contributed by atoms with Crippen LogP contribution in [0.25, 0.3) is 0 Å². The third-order valence-corrected chi connectivity index (χ3v) is 5.97. The summed E-state index contributed by atoms with van der Waals surface area (Å²) in [6.07, 6.45) is 5.78. The number of pyridine rings is 1. The lowest BCUT2D eigenvalue weighted by Gasteiger charge is -2.27. The van der Waals surface area contributed by atoms with Gasteiger partial charge in [0.15, 0.2) is 0 Å². The number of hydrogen-bond donors (Lipinski definition) is 2. The molecule has 1 saturated heterocycles. The summed E-state index contributed by atoms with van der Waals surface area (Å²) in [4.78, 5) is 32.4. The fourth-order valence-corrected chi connectivity index (χ4v) is 4.21. The number of furan rings is 1. The van der Waals surface area contributed by atoms with Gasteiger partial charge in [-0.3, -0.25) is 19.5 Å². The molecule has 4 rings (SSSR count). The minimum Gasteiger partial charge on any atom is -0.465 e. The lowest BCUT2D eigenvalue weighted by Crippen LogP contribution is -2.49. The van der Waals surface area contributed by atoms with Gasteiger partial charge in [-0.05, 0) is 62.7 Å². The summed E-state index contributed by atoms with van der Waals surface area (Å²) in [6.45, 7) is 4.30. The van der Waals surface area contributed by atoms with E-state index in [0.717, 1.165) is 43.0 Å². The van der Waals surface area contributed by atoms with Crippen LogP contribution in [-0.2, 0) is 11.2 Å². The van der Waals surface area contributed by atoms with E-state index in [1.54, 1.807) is 18.3 Å². The van der Waals surface area contributed by atoms with Crippen molar-refractivity contribution in [3.63, 3.8) is 0 Å². The van der Waals surface area contributed by atoms with Crippen molar-refractivity contribution in [3.05, 3.63) is 89.6 Å². The monoisotopic (exact) mass is 446 g/mol. The van der Waals surface area contributed by atoms with Crippen molar-refractivity contribution < 1.29 is 14.0 Å². The number of nitrogens with zero attached hydrogens (tertiary/aromatic N) is 2. The van der Waals surface area contributed by atoms with E-state index < -0.39 is 6.04 Å². The average molecular weight is 447 g/mol. The molecule has 172 valence electrons. The number of carbonyl (C=O) groups is 2. The molecule has 0 bridgehead atoms. The number of likely N-dealkylation sites (tertiary alicyclic amines) is 1. The summed E-state index contributed by atoms with van der Waals surface area (Å²) in [5.74, 6) is 1.17. The van der Waals surface area contributed by atoms with Gasteiger partial charge in [-0.25, -0.2) is 0 Å². The van der Waals surface area contributed by atoms with Crippen LogP contribution in [0.15, 0.2) is 71.4 Å². The molecule has 33 heavy (non-hydrogen) atoms. The van der Waals surface area contributed by atoms with Gasteiger partial charge in [0.05, 0.1) is 11.6 Å². The maximum atomic E-state index is 13.3. The van der Waals surface area contributed by atoms with Crippen molar-refractivity contribution in [1.82, 2.24) is 20.5 Å². The van der Waals surface area contributed by atoms with Crippen molar-refractivity contribution in [1.29, 1.82) is 0 Å². The molecule has 7 heteroatoms. The van der Waals surface area contributed by atoms with Crippen molar-refractivity contribution in [2.75, 3.05) is 19.6 Å². The molecule has 2 amide bonds. The first-order valence-corrected chi connectivity index (χ1v) is 11.4. The van der Waals surface area contributed by atoms with Crippen LogP contribution in [0.1, 0.15) is 46.3 Å². The lowest BCUT2D eigenvalue weighted by molar-refractivity contribution is -0.123. The number of benzene rings is 1. The fourth-order valence-electron chi connectivity index (χ4n) is 4.21. The van der Waals surface area contributed by atoms with E-state index in [9.17, 15) is 9.59 Å². The first-order valence-electron chi connectivity index (χ1n) is 11.4. The molecule has 2 unspecified atom stereocenters. The van der Waals surface area contributed by atoms with Gasteiger partial charge in [-0.2, -0.15) is 0 Å². The molecule has 2 aromatic heterocycles. The fraction of sp³-hybridized carbons (Fsp3) is 0.346. The normalized spacial score (nSPS) is 15.7. The molecular weight excluding hydrogens is 416 g/mol. The van der Waals surface area contributed by atoms with Gasteiger partial charge in [0.1, 0.15) is 17.6 Å². The second-order valence-electron chi connectivity index (χ2n) is 8.41. The second kappa shape index (κ2) is 10.9. The minimum atomic E-state index is -0.710. The Morgan fingerprint density at radius 2 is 1.85 bits per heavy atom. The Kier molecular flexibility index (Phi) is 7.52. The van der Waals surface area contributed by atoms with Crippen molar-refractivity contribution >= 4 is 11.8 Å². The molecule has 7 nitrogen and oxygen atoms in total. The lowest BCUT2D eigenvalue weighted by atomic mass is 10.0. The van der Waals surface area contributed by atoms with Crippen molar-refractivity contribution in [2.45, 2.75) is 38.3 Å². The first kappa shape index (κ1) is 22.7. The third kappa shape index (κ3) is 6.08. The number of nitrogens with one attached hydrogen (secondary N) is 2. The van der Waals surface area contributed by atoms with Crippen molar-refractivity contribution in [2.24, 2.45) is 0 Å². The van der Waals surface area contributed by atoms with E-state index >= 15 is 0 Å². The molecule has 1 aliphatic rings. The van der Waals surface area contributed by atoms with Gasteiger partial charge >= 0.3 is 0 Å².